The highest BCUT2D eigenvalue weighted by molar-refractivity contribution is 5.47. The second kappa shape index (κ2) is 11.0. The Kier molecular flexibility index (Phi) is 7.22. The smallest absolute Gasteiger partial charge is 0.165 e. The van der Waals surface area contributed by atoms with Crippen LogP contribution in [-0.4, -0.2) is 0 Å². The van der Waals surface area contributed by atoms with Gasteiger partial charge >= 0.3 is 0 Å². The third-order valence-electron chi connectivity index (χ3n) is 6.05. The molecule has 0 spiro atoms. The van der Waals surface area contributed by atoms with Crippen molar-refractivity contribution in [3.63, 3.8) is 0 Å². The number of nitrogens with two attached hydrogens (primary N) is 2. The van der Waals surface area contributed by atoms with Gasteiger partial charge in [-0.3, -0.25) is 0 Å². The van der Waals surface area contributed by atoms with Crippen LogP contribution < -0.4 is 20.9 Å². The molecule has 5 aromatic rings. The number of hydrogen-bond acceptors (Lipinski definition) is 4. The van der Waals surface area contributed by atoms with E-state index in [9.17, 15) is 8.78 Å². The SMILES string of the molecule is Nc1ccc(F)c(Oc2ccc(Cc3ccc(Cc4ccc(Oc5cc(N)ccc5F)cc4)cc3)cc2)c1. The summed E-state index contributed by atoms with van der Waals surface area (Å²) < 4.78 is 39.1. The Hall–Kier alpha value is -4.84. The van der Waals surface area contributed by atoms with Crippen LogP contribution in [0.15, 0.2) is 109 Å². The summed E-state index contributed by atoms with van der Waals surface area (Å²) >= 11 is 0. The Labute approximate surface area is 220 Å². The zero-order chi connectivity index (χ0) is 26.5. The van der Waals surface area contributed by atoms with Crippen LogP contribution in [0.4, 0.5) is 20.2 Å². The minimum Gasteiger partial charge on any atom is -0.454 e. The normalized spacial score (nSPS) is 10.8. The minimum atomic E-state index is -0.458. The van der Waals surface area contributed by atoms with Crippen LogP contribution >= 0.6 is 0 Å². The van der Waals surface area contributed by atoms with Crippen LogP contribution in [0.2, 0.25) is 0 Å². The molecule has 4 nitrogen and oxygen atoms in total. The molecule has 0 unspecified atom stereocenters. The first kappa shape index (κ1) is 24.8. The molecule has 0 aliphatic carbocycles. The van der Waals surface area contributed by atoms with Gasteiger partial charge in [-0.05, 0) is 83.6 Å². The van der Waals surface area contributed by atoms with Crippen LogP contribution in [0.25, 0.3) is 0 Å². The molecule has 0 aliphatic heterocycles. The lowest BCUT2D eigenvalue weighted by Gasteiger charge is -2.10. The van der Waals surface area contributed by atoms with E-state index in [4.69, 9.17) is 20.9 Å². The van der Waals surface area contributed by atoms with Crippen molar-refractivity contribution in [2.24, 2.45) is 0 Å². The summed E-state index contributed by atoms with van der Waals surface area (Å²) in [6.07, 6.45) is 1.53. The van der Waals surface area contributed by atoms with Crippen LogP contribution in [0.1, 0.15) is 22.3 Å². The predicted molar refractivity (Wildman–Crippen MR) is 147 cm³/mol. The monoisotopic (exact) mass is 508 g/mol. The van der Waals surface area contributed by atoms with Gasteiger partial charge in [0.2, 0.25) is 0 Å². The molecule has 38 heavy (non-hydrogen) atoms. The third kappa shape index (κ3) is 6.28. The molecular weight excluding hydrogens is 482 g/mol. The molecule has 0 radical (unpaired) electrons. The Morgan fingerprint density at radius 1 is 0.447 bits per heavy atom. The van der Waals surface area contributed by atoms with E-state index in [0.29, 0.717) is 22.9 Å². The predicted octanol–water partition coefficient (Wildman–Crippen LogP) is 7.90. The third-order valence-corrected chi connectivity index (χ3v) is 6.05. The lowest BCUT2D eigenvalue weighted by Crippen LogP contribution is -1.94. The van der Waals surface area contributed by atoms with E-state index in [1.165, 1.54) is 47.5 Å². The first-order chi connectivity index (χ1) is 18.4. The lowest BCUT2D eigenvalue weighted by molar-refractivity contribution is 0.442. The van der Waals surface area contributed by atoms with Gasteiger partial charge in [0.05, 0.1) is 0 Å². The minimum absolute atomic E-state index is 0.103. The van der Waals surface area contributed by atoms with Crippen molar-refractivity contribution in [2.75, 3.05) is 11.5 Å². The maximum absolute atomic E-state index is 13.9. The summed E-state index contributed by atoms with van der Waals surface area (Å²) in [4.78, 5) is 0. The number of benzene rings is 5. The Bertz CT molecular complexity index is 1420. The molecule has 0 saturated heterocycles. The van der Waals surface area contributed by atoms with Gasteiger partial charge in [0.1, 0.15) is 11.5 Å². The van der Waals surface area contributed by atoms with Gasteiger partial charge in [-0.25, -0.2) is 8.78 Å². The summed E-state index contributed by atoms with van der Waals surface area (Å²) in [6, 6.07) is 32.1. The van der Waals surface area contributed by atoms with E-state index in [1.54, 1.807) is 0 Å². The second-order valence-corrected chi connectivity index (χ2v) is 9.04. The van der Waals surface area contributed by atoms with E-state index < -0.39 is 11.6 Å². The summed E-state index contributed by atoms with van der Waals surface area (Å²) in [6.45, 7) is 0. The zero-order valence-corrected chi connectivity index (χ0v) is 20.5. The Morgan fingerprint density at radius 3 is 1.11 bits per heavy atom. The topological polar surface area (TPSA) is 70.5 Å². The molecule has 0 aromatic heterocycles. The van der Waals surface area contributed by atoms with Gasteiger partial charge < -0.3 is 20.9 Å². The molecule has 0 bridgehead atoms. The zero-order valence-electron chi connectivity index (χ0n) is 20.5. The van der Waals surface area contributed by atoms with Crippen LogP contribution in [-0.2, 0) is 12.8 Å². The van der Waals surface area contributed by atoms with Crippen LogP contribution in [0, 0.1) is 11.6 Å². The number of anilines is 2. The molecule has 4 N–H and O–H groups in total. The number of halogens is 2. The molecule has 0 aliphatic rings. The number of nitrogen functional groups attached to an aromatic ring is 2. The van der Waals surface area contributed by atoms with Gasteiger partial charge in [0.15, 0.2) is 23.1 Å². The summed E-state index contributed by atoms with van der Waals surface area (Å²) in [7, 11) is 0. The highest BCUT2D eigenvalue weighted by Gasteiger charge is 2.07. The summed E-state index contributed by atoms with van der Waals surface area (Å²) in [5.41, 5.74) is 16.9. The van der Waals surface area contributed by atoms with Crippen molar-refractivity contribution >= 4 is 11.4 Å². The van der Waals surface area contributed by atoms with Crippen molar-refractivity contribution < 1.29 is 18.3 Å². The van der Waals surface area contributed by atoms with E-state index in [-0.39, 0.29) is 11.5 Å². The maximum atomic E-state index is 13.9. The van der Waals surface area contributed by atoms with Gasteiger partial charge in [-0.15, -0.1) is 0 Å². The molecule has 0 atom stereocenters. The summed E-state index contributed by atoms with van der Waals surface area (Å²) in [5, 5.41) is 0. The van der Waals surface area contributed by atoms with E-state index in [1.807, 2.05) is 48.5 Å². The fourth-order valence-corrected chi connectivity index (χ4v) is 4.05. The van der Waals surface area contributed by atoms with Crippen LogP contribution in [0.5, 0.6) is 23.0 Å². The van der Waals surface area contributed by atoms with E-state index in [2.05, 4.69) is 24.3 Å². The highest BCUT2D eigenvalue weighted by atomic mass is 19.1. The van der Waals surface area contributed by atoms with E-state index >= 15 is 0 Å². The van der Waals surface area contributed by atoms with Gasteiger partial charge in [-0.1, -0.05) is 48.5 Å². The average Bonchev–Trinajstić information content (AvgIpc) is 2.92. The fraction of sp³-hybridized carbons (Fsp3) is 0.0625. The molecule has 5 aromatic carbocycles. The average molecular weight is 509 g/mol. The highest BCUT2D eigenvalue weighted by Crippen LogP contribution is 2.28. The number of ether oxygens (including phenoxy) is 2. The Balaban J connectivity index is 1.16. The van der Waals surface area contributed by atoms with Gasteiger partial charge in [0.25, 0.3) is 0 Å². The molecule has 5 rings (SSSR count). The first-order valence-corrected chi connectivity index (χ1v) is 12.1. The largest absolute Gasteiger partial charge is 0.454 e. The lowest BCUT2D eigenvalue weighted by atomic mass is 10.0. The van der Waals surface area contributed by atoms with Gasteiger partial charge in [0, 0.05) is 23.5 Å². The van der Waals surface area contributed by atoms with Crippen LogP contribution in [0.3, 0.4) is 0 Å². The number of rotatable bonds is 8. The quantitative estimate of drug-likeness (QED) is 0.209. The Morgan fingerprint density at radius 2 is 0.763 bits per heavy atom. The molecule has 0 saturated carbocycles. The standard InChI is InChI=1S/C32H26F2N2O2/c33-29-15-9-25(35)19-31(29)37-27-11-5-23(6-12-27)17-21-1-2-22(4-3-21)18-24-7-13-28(14-8-24)38-32-20-26(36)10-16-30(32)34/h1-16,19-20H,17-18,35-36H2. The van der Waals surface area contributed by atoms with Crippen molar-refractivity contribution in [3.8, 4) is 23.0 Å². The fourth-order valence-electron chi connectivity index (χ4n) is 4.05. The molecular formula is C32H26F2N2O2. The molecule has 0 heterocycles. The molecule has 190 valence electrons. The summed E-state index contributed by atoms with van der Waals surface area (Å²) in [5.74, 6) is 0.379. The first-order valence-electron chi connectivity index (χ1n) is 12.1. The maximum Gasteiger partial charge on any atom is 0.165 e. The van der Waals surface area contributed by atoms with Crippen molar-refractivity contribution in [2.45, 2.75) is 12.8 Å². The molecule has 6 heteroatoms. The molecule has 0 amide bonds. The van der Waals surface area contributed by atoms with Crippen molar-refractivity contribution in [1.82, 2.24) is 0 Å². The van der Waals surface area contributed by atoms with Crippen molar-refractivity contribution in [1.29, 1.82) is 0 Å². The van der Waals surface area contributed by atoms with E-state index in [0.717, 1.165) is 24.0 Å². The number of hydrogen-bond donors (Lipinski definition) is 2. The van der Waals surface area contributed by atoms with Gasteiger partial charge in [-0.2, -0.15) is 0 Å². The second-order valence-electron chi connectivity index (χ2n) is 9.04. The van der Waals surface area contributed by atoms with Crippen molar-refractivity contribution in [3.05, 3.63) is 143 Å². The molecule has 0 fully saturated rings.